The predicted octanol–water partition coefficient (Wildman–Crippen LogP) is 4.80. The number of hydrogen-bond donors (Lipinski definition) is 1. The molecule has 0 radical (unpaired) electrons. The molecule has 1 heterocycles. The van der Waals surface area contributed by atoms with Crippen LogP contribution in [0, 0.1) is 11.3 Å². The minimum Gasteiger partial charge on any atom is -0.382 e. The summed E-state index contributed by atoms with van der Waals surface area (Å²) in [6, 6.07) is 0.654. The maximum absolute atomic E-state index is 3.83. The van der Waals surface area contributed by atoms with Gasteiger partial charge in [-0.05, 0) is 55.1 Å². The Labute approximate surface area is 113 Å². The molecule has 0 aromatic carbocycles. The molecule has 0 amide bonds. The van der Waals surface area contributed by atoms with E-state index in [2.05, 4.69) is 45.2 Å². The first-order valence-corrected chi connectivity index (χ1v) is 7.80. The quantitative estimate of drug-likeness (QED) is 0.755. The van der Waals surface area contributed by atoms with E-state index in [9.17, 15) is 0 Å². The summed E-state index contributed by atoms with van der Waals surface area (Å²) in [5.74, 6) is 0.743. The van der Waals surface area contributed by atoms with Crippen molar-refractivity contribution in [2.24, 2.45) is 11.3 Å². The van der Waals surface area contributed by atoms with Gasteiger partial charge in [0.15, 0.2) is 0 Å². The van der Waals surface area contributed by atoms with Crippen LogP contribution in [0.1, 0.15) is 66.2 Å². The number of rotatable bonds is 3. The molecule has 2 aliphatic rings. The second kappa shape index (κ2) is 5.50. The molecule has 0 aromatic rings. The highest BCUT2D eigenvalue weighted by atomic mass is 15.0. The van der Waals surface area contributed by atoms with E-state index in [4.69, 9.17) is 0 Å². The van der Waals surface area contributed by atoms with Crippen molar-refractivity contribution in [1.29, 1.82) is 0 Å². The zero-order chi connectivity index (χ0) is 13.2. The SMILES string of the molecule is CCCC1NC2=C(CCCC=C2)C(C)(CC)C1C. The van der Waals surface area contributed by atoms with E-state index in [-0.39, 0.29) is 0 Å². The van der Waals surface area contributed by atoms with Crippen LogP contribution in [0.5, 0.6) is 0 Å². The van der Waals surface area contributed by atoms with E-state index in [0.717, 1.165) is 5.92 Å². The van der Waals surface area contributed by atoms with Gasteiger partial charge in [-0.15, -0.1) is 0 Å². The van der Waals surface area contributed by atoms with E-state index in [1.54, 1.807) is 5.57 Å². The minimum absolute atomic E-state index is 0.398. The molecule has 0 saturated heterocycles. The lowest BCUT2D eigenvalue weighted by Gasteiger charge is -2.47. The number of hydrogen-bond acceptors (Lipinski definition) is 1. The molecule has 3 atom stereocenters. The average Bonchev–Trinajstić information content (AvgIpc) is 2.61. The molecule has 0 aromatic heterocycles. The van der Waals surface area contributed by atoms with Crippen LogP contribution >= 0.6 is 0 Å². The van der Waals surface area contributed by atoms with E-state index < -0.39 is 0 Å². The van der Waals surface area contributed by atoms with Gasteiger partial charge in [0.1, 0.15) is 0 Å². The van der Waals surface area contributed by atoms with Crippen molar-refractivity contribution in [3.63, 3.8) is 0 Å². The Balaban J connectivity index is 2.38. The van der Waals surface area contributed by atoms with Crippen molar-refractivity contribution in [3.8, 4) is 0 Å². The fraction of sp³-hybridized carbons (Fsp3) is 0.765. The Morgan fingerprint density at radius 2 is 2.17 bits per heavy atom. The van der Waals surface area contributed by atoms with Crippen LogP contribution in [0.3, 0.4) is 0 Å². The molecule has 1 aliphatic carbocycles. The van der Waals surface area contributed by atoms with E-state index in [0.29, 0.717) is 11.5 Å². The lowest BCUT2D eigenvalue weighted by atomic mass is 9.63. The van der Waals surface area contributed by atoms with Gasteiger partial charge < -0.3 is 5.32 Å². The lowest BCUT2D eigenvalue weighted by Crippen LogP contribution is -2.48. The molecule has 2 rings (SSSR count). The van der Waals surface area contributed by atoms with Crippen LogP contribution in [0.25, 0.3) is 0 Å². The molecule has 18 heavy (non-hydrogen) atoms. The van der Waals surface area contributed by atoms with Crippen molar-refractivity contribution in [2.75, 3.05) is 0 Å². The minimum atomic E-state index is 0.398. The summed E-state index contributed by atoms with van der Waals surface area (Å²) in [7, 11) is 0. The highest BCUT2D eigenvalue weighted by Gasteiger charge is 2.42. The standard InChI is InChI=1S/C17H29N/c1-5-10-15-13(3)17(4,6-2)14-11-8-7-9-12-16(14)18-15/h9,12-13,15,18H,5-8,10-11H2,1-4H3. The molecule has 0 fully saturated rings. The third-order valence-electron chi connectivity index (χ3n) is 5.38. The molecule has 1 heteroatoms. The molecular formula is C17H29N. The molecular weight excluding hydrogens is 218 g/mol. The Kier molecular flexibility index (Phi) is 4.19. The molecule has 0 bridgehead atoms. The van der Waals surface area contributed by atoms with Crippen molar-refractivity contribution < 1.29 is 0 Å². The van der Waals surface area contributed by atoms with Crippen LogP contribution in [0.15, 0.2) is 23.4 Å². The normalized spacial score (nSPS) is 36.0. The second-order valence-corrected chi connectivity index (χ2v) is 6.29. The van der Waals surface area contributed by atoms with Crippen molar-refractivity contribution in [3.05, 3.63) is 23.4 Å². The number of nitrogens with one attached hydrogen (secondary N) is 1. The lowest BCUT2D eigenvalue weighted by molar-refractivity contribution is 0.161. The summed E-state index contributed by atoms with van der Waals surface area (Å²) in [4.78, 5) is 0. The van der Waals surface area contributed by atoms with E-state index >= 15 is 0 Å². The Bertz CT molecular complexity index is 353. The predicted molar refractivity (Wildman–Crippen MR) is 79.4 cm³/mol. The first-order valence-electron chi connectivity index (χ1n) is 7.80. The monoisotopic (exact) mass is 247 g/mol. The topological polar surface area (TPSA) is 12.0 Å². The van der Waals surface area contributed by atoms with Crippen LogP contribution < -0.4 is 5.32 Å². The van der Waals surface area contributed by atoms with Crippen LogP contribution in [0.4, 0.5) is 0 Å². The van der Waals surface area contributed by atoms with Crippen LogP contribution in [0.2, 0.25) is 0 Å². The molecule has 0 spiro atoms. The summed E-state index contributed by atoms with van der Waals surface area (Å²) in [5, 5.41) is 3.83. The Hall–Kier alpha value is -0.720. The first-order chi connectivity index (χ1) is 8.63. The molecule has 102 valence electrons. The maximum atomic E-state index is 3.83. The summed E-state index contributed by atoms with van der Waals surface area (Å²) in [5.41, 5.74) is 3.54. The van der Waals surface area contributed by atoms with Crippen LogP contribution in [-0.4, -0.2) is 6.04 Å². The molecule has 0 saturated carbocycles. The summed E-state index contributed by atoms with van der Waals surface area (Å²) in [6.45, 7) is 9.61. The van der Waals surface area contributed by atoms with Gasteiger partial charge in [0.2, 0.25) is 0 Å². The molecule has 1 aliphatic heterocycles. The average molecular weight is 247 g/mol. The van der Waals surface area contributed by atoms with Crippen molar-refractivity contribution in [1.82, 2.24) is 5.32 Å². The Morgan fingerprint density at radius 3 is 2.83 bits per heavy atom. The highest BCUT2D eigenvalue weighted by molar-refractivity contribution is 5.34. The number of allylic oxidation sites excluding steroid dienone is 3. The van der Waals surface area contributed by atoms with Gasteiger partial charge in [-0.3, -0.25) is 0 Å². The smallest absolute Gasteiger partial charge is 0.0336 e. The second-order valence-electron chi connectivity index (χ2n) is 6.29. The molecule has 3 unspecified atom stereocenters. The third kappa shape index (κ3) is 2.24. The zero-order valence-electron chi connectivity index (χ0n) is 12.6. The van der Waals surface area contributed by atoms with Gasteiger partial charge in [0.25, 0.3) is 0 Å². The molecule has 1 N–H and O–H groups in total. The van der Waals surface area contributed by atoms with E-state index in [1.807, 2.05) is 0 Å². The van der Waals surface area contributed by atoms with Gasteiger partial charge in [0, 0.05) is 11.7 Å². The van der Waals surface area contributed by atoms with Gasteiger partial charge >= 0.3 is 0 Å². The highest BCUT2D eigenvalue weighted by Crippen LogP contribution is 2.48. The first kappa shape index (κ1) is 13.7. The van der Waals surface area contributed by atoms with Crippen LogP contribution in [-0.2, 0) is 0 Å². The summed E-state index contributed by atoms with van der Waals surface area (Å²) in [6.07, 6.45) is 12.4. The summed E-state index contributed by atoms with van der Waals surface area (Å²) < 4.78 is 0. The third-order valence-corrected chi connectivity index (χ3v) is 5.38. The Morgan fingerprint density at radius 1 is 1.39 bits per heavy atom. The van der Waals surface area contributed by atoms with Gasteiger partial charge in [-0.2, -0.15) is 0 Å². The van der Waals surface area contributed by atoms with Crippen molar-refractivity contribution in [2.45, 2.75) is 72.3 Å². The fourth-order valence-corrected chi connectivity index (χ4v) is 3.77. The van der Waals surface area contributed by atoms with Crippen molar-refractivity contribution >= 4 is 0 Å². The van der Waals surface area contributed by atoms with Gasteiger partial charge in [-0.1, -0.05) is 40.2 Å². The van der Waals surface area contributed by atoms with Gasteiger partial charge in [-0.25, -0.2) is 0 Å². The zero-order valence-corrected chi connectivity index (χ0v) is 12.6. The fourth-order valence-electron chi connectivity index (χ4n) is 3.77. The largest absolute Gasteiger partial charge is 0.382 e. The summed E-state index contributed by atoms with van der Waals surface area (Å²) >= 11 is 0. The van der Waals surface area contributed by atoms with E-state index in [1.165, 1.54) is 44.2 Å². The van der Waals surface area contributed by atoms with Gasteiger partial charge in [0.05, 0.1) is 0 Å². The maximum Gasteiger partial charge on any atom is 0.0336 e. The molecule has 1 nitrogen and oxygen atoms in total.